The van der Waals surface area contributed by atoms with Gasteiger partial charge in [-0.3, -0.25) is 9.36 Å². The fraction of sp³-hybridized carbons (Fsp3) is 0.214. The summed E-state index contributed by atoms with van der Waals surface area (Å²) in [5.41, 5.74) is 1.29. The van der Waals surface area contributed by atoms with E-state index in [1.165, 1.54) is 5.56 Å². The summed E-state index contributed by atoms with van der Waals surface area (Å²) < 4.78 is 1.69. The number of carbonyl (C=O) groups is 1. The van der Waals surface area contributed by atoms with Gasteiger partial charge in [0.1, 0.15) is 0 Å². The summed E-state index contributed by atoms with van der Waals surface area (Å²) in [7, 11) is 0. The molecule has 1 aliphatic rings. The minimum absolute atomic E-state index is 0.176. The number of nitrogens with zero attached hydrogens (tertiary/aromatic N) is 1. The molecule has 0 radical (unpaired) electrons. The molecular weight excluding hydrogens is 198 g/mol. The normalized spacial score (nSPS) is 23.0. The van der Waals surface area contributed by atoms with Crippen LogP contribution in [0.15, 0.2) is 54.9 Å². The van der Waals surface area contributed by atoms with Crippen molar-refractivity contribution in [3.8, 4) is 0 Å². The van der Waals surface area contributed by atoms with E-state index in [4.69, 9.17) is 0 Å². The predicted octanol–water partition coefficient (Wildman–Crippen LogP) is 2.93. The van der Waals surface area contributed by atoms with E-state index >= 15 is 0 Å². The molecule has 1 heterocycles. The Morgan fingerprint density at radius 2 is 1.75 bits per heavy atom. The summed E-state index contributed by atoms with van der Waals surface area (Å²) in [6.45, 7) is 0. The molecular formula is C14H13NO. The lowest BCUT2D eigenvalue weighted by atomic mass is 10.1. The molecule has 1 aromatic heterocycles. The first kappa shape index (κ1) is 9.40. The molecule has 2 atom stereocenters. The highest BCUT2D eigenvalue weighted by Crippen LogP contribution is 2.48. The molecule has 1 aromatic carbocycles. The van der Waals surface area contributed by atoms with Gasteiger partial charge in [0.25, 0.3) is 0 Å². The van der Waals surface area contributed by atoms with Gasteiger partial charge in [0, 0.05) is 18.3 Å². The van der Waals surface area contributed by atoms with Crippen LogP contribution in [0.1, 0.15) is 22.7 Å². The Balaban J connectivity index is 1.75. The monoisotopic (exact) mass is 211 g/mol. The van der Waals surface area contributed by atoms with Crippen molar-refractivity contribution in [2.45, 2.75) is 12.3 Å². The van der Waals surface area contributed by atoms with E-state index in [-0.39, 0.29) is 11.8 Å². The third kappa shape index (κ3) is 1.56. The van der Waals surface area contributed by atoms with Crippen molar-refractivity contribution in [1.82, 2.24) is 4.57 Å². The molecule has 16 heavy (non-hydrogen) atoms. The van der Waals surface area contributed by atoms with Crippen LogP contribution in [0.4, 0.5) is 0 Å². The summed E-state index contributed by atoms with van der Waals surface area (Å²) in [4.78, 5) is 12.0. The Bertz CT molecular complexity index is 487. The van der Waals surface area contributed by atoms with Crippen molar-refractivity contribution in [3.05, 3.63) is 60.4 Å². The van der Waals surface area contributed by atoms with Crippen molar-refractivity contribution in [1.29, 1.82) is 0 Å². The van der Waals surface area contributed by atoms with E-state index in [9.17, 15) is 4.79 Å². The van der Waals surface area contributed by atoms with Gasteiger partial charge in [-0.2, -0.15) is 0 Å². The van der Waals surface area contributed by atoms with E-state index in [2.05, 4.69) is 12.1 Å². The zero-order chi connectivity index (χ0) is 11.0. The van der Waals surface area contributed by atoms with Crippen LogP contribution in [0.3, 0.4) is 0 Å². The smallest absolute Gasteiger partial charge is 0.234 e. The van der Waals surface area contributed by atoms with E-state index in [1.54, 1.807) is 4.57 Å². The minimum Gasteiger partial charge on any atom is -0.294 e. The molecule has 2 heteroatoms. The SMILES string of the molecule is O=C(C1CC1c1ccccc1)n1cccc1. The van der Waals surface area contributed by atoms with Crippen LogP contribution in [0.25, 0.3) is 0 Å². The van der Waals surface area contributed by atoms with Crippen LogP contribution in [0.2, 0.25) is 0 Å². The quantitative estimate of drug-likeness (QED) is 0.748. The number of rotatable bonds is 2. The van der Waals surface area contributed by atoms with Gasteiger partial charge in [-0.1, -0.05) is 30.3 Å². The van der Waals surface area contributed by atoms with E-state index in [0.29, 0.717) is 5.92 Å². The molecule has 1 fully saturated rings. The zero-order valence-electron chi connectivity index (χ0n) is 8.91. The molecule has 1 aliphatic carbocycles. The Morgan fingerprint density at radius 3 is 2.44 bits per heavy atom. The Kier molecular flexibility index (Phi) is 2.13. The molecule has 0 bridgehead atoms. The molecule has 2 unspecified atom stereocenters. The maximum atomic E-state index is 12.0. The van der Waals surface area contributed by atoms with Crippen molar-refractivity contribution in [3.63, 3.8) is 0 Å². The molecule has 0 amide bonds. The minimum atomic E-state index is 0.176. The molecule has 0 N–H and O–H groups in total. The Labute approximate surface area is 94.5 Å². The molecule has 3 rings (SSSR count). The highest BCUT2D eigenvalue weighted by molar-refractivity contribution is 5.85. The number of benzene rings is 1. The van der Waals surface area contributed by atoms with Crippen LogP contribution in [0, 0.1) is 5.92 Å². The lowest BCUT2D eigenvalue weighted by Gasteiger charge is -2.01. The third-order valence-corrected chi connectivity index (χ3v) is 3.19. The molecule has 2 aromatic rings. The molecule has 1 saturated carbocycles. The predicted molar refractivity (Wildman–Crippen MR) is 62.3 cm³/mol. The van der Waals surface area contributed by atoms with E-state index in [1.807, 2.05) is 42.7 Å². The van der Waals surface area contributed by atoms with Crippen LogP contribution in [0.5, 0.6) is 0 Å². The van der Waals surface area contributed by atoms with Crippen molar-refractivity contribution in [2.75, 3.05) is 0 Å². The van der Waals surface area contributed by atoms with E-state index in [0.717, 1.165) is 6.42 Å². The van der Waals surface area contributed by atoms with Crippen molar-refractivity contribution >= 4 is 5.91 Å². The van der Waals surface area contributed by atoms with Gasteiger partial charge in [0.05, 0.1) is 0 Å². The molecule has 0 saturated heterocycles. The lowest BCUT2D eigenvalue weighted by molar-refractivity contribution is 0.0884. The standard InChI is InChI=1S/C14H13NO/c16-14(15-8-4-5-9-15)13-10-12(13)11-6-2-1-3-7-11/h1-9,12-13H,10H2. The number of carbonyl (C=O) groups excluding carboxylic acids is 1. The van der Waals surface area contributed by atoms with Gasteiger partial charge in [0.15, 0.2) is 0 Å². The number of aromatic nitrogens is 1. The largest absolute Gasteiger partial charge is 0.294 e. The molecule has 0 spiro atoms. The van der Waals surface area contributed by atoms with Crippen LogP contribution in [-0.4, -0.2) is 10.5 Å². The lowest BCUT2D eigenvalue weighted by Crippen LogP contribution is -2.11. The van der Waals surface area contributed by atoms with Crippen molar-refractivity contribution in [2.24, 2.45) is 5.92 Å². The highest BCUT2D eigenvalue weighted by Gasteiger charge is 2.44. The summed E-state index contributed by atoms with van der Waals surface area (Å²) in [5.74, 6) is 0.824. The summed E-state index contributed by atoms with van der Waals surface area (Å²) in [5, 5.41) is 0. The summed E-state index contributed by atoms with van der Waals surface area (Å²) >= 11 is 0. The third-order valence-electron chi connectivity index (χ3n) is 3.19. The molecule has 0 aliphatic heterocycles. The van der Waals surface area contributed by atoms with Gasteiger partial charge in [0.2, 0.25) is 5.91 Å². The average molecular weight is 211 g/mol. The Hall–Kier alpha value is -1.83. The Morgan fingerprint density at radius 1 is 1.06 bits per heavy atom. The second-order valence-electron chi connectivity index (χ2n) is 4.29. The number of hydrogen-bond acceptors (Lipinski definition) is 1. The average Bonchev–Trinajstić information content (AvgIpc) is 2.95. The van der Waals surface area contributed by atoms with Crippen LogP contribution >= 0.6 is 0 Å². The molecule has 2 nitrogen and oxygen atoms in total. The topological polar surface area (TPSA) is 22.0 Å². The first-order valence-corrected chi connectivity index (χ1v) is 5.58. The summed E-state index contributed by atoms with van der Waals surface area (Å²) in [6, 6.07) is 14.1. The van der Waals surface area contributed by atoms with Crippen LogP contribution < -0.4 is 0 Å². The maximum Gasteiger partial charge on any atom is 0.234 e. The zero-order valence-corrected chi connectivity index (χ0v) is 8.91. The van der Waals surface area contributed by atoms with Gasteiger partial charge in [-0.15, -0.1) is 0 Å². The summed E-state index contributed by atoms with van der Waals surface area (Å²) in [6.07, 6.45) is 4.63. The van der Waals surface area contributed by atoms with Crippen LogP contribution in [-0.2, 0) is 0 Å². The van der Waals surface area contributed by atoms with E-state index < -0.39 is 0 Å². The fourth-order valence-electron chi connectivity index (χ4n) is 2.21. The molecule has 80 valence electrons. The first-order chi connectivity index (χ1) is 7.86. The van der Waals surface area contributed by atoms with Gasteiger partial charge >= 0.3 is 0 Å². The second kappa shape index (κ2) is 3.63. The van der Waals surface area contributed by atoms with Gasteiger partial charge in [-0.05, 0) is 30.0 Å². The van der Waals surface area contributed by atoms with Gasteiger partial charge in [-0.25, -0.2) is 0 Å². The maximum absolute atomic E-state index is 12.0. The number of hydrogen-bond donors (Lipinski definition) is 0. The highest BCUT2D eigenvalue weighted by atomic mass is 16.2. The van der Waals surface area contributed by atoms with Gasteiger partial charge < -0.3 is 0 Å². The second-order valence-corrected chi connectivity index (χ2v) is 4.29. The first-order valence-electron chi connectivity index (χ1n) is 5.58. The fourth-order valence-corrected chi connectivity index (χ4v) is 2.21. The van der Waals surface area contributed by atoms with Crippen molar-refractivity contribution < 1.29 is 4.79 Å².